The standard InChI is InChI=1S/C13H22N2S/c1-13(2,3)12-5-4-11(16-12)10-15-8-6-14-7-9-15/h4-5,14H,6-10H2,1-3H3. The van der Waals surface area contributed by atoms with Gasteiger partial charge < -0.3 is 5.32 Å². The molecule has 0 amide bonds. The monoisotopic (exact) mass is 238 g/mol. The van der Waals surface area contributed by atoms with Crippen LogP contribution in [0.25, 0.3) is 0 Å². The summed E-state index contributed by atoms with van der Waals surface area (Å²) >= 11 is 1.97. The quantitative estimate of drug-likeness (QED) is 0.851. The molecule has 0 bridgehead atoms. The lowest BCUT2D eigenvalue weighted by Gasteiger charge is -2.26. The molecule has 2 rings (SSSR count). The molecular formula is C13H22N2S. The van der Waals surface area contributed by atoms with Gasteiger partial charge in [0.25, 0.3) is 0 Å². The number of rotatable bonds is 2. The van der Waals surface area contributed by atoms with Gasteiger partial charge in [-0.05, 0) is 17.5 Å². The van der Waals surface area contributed by atoms with Crippen LogP contribution >= 0.6 is 11.3 Å². The third kappa shape index (κ3) is 3.06. The Kier molecular flexibility index (Phi) is 3.67. The van der Waals surface area contributed by atoms with E-state index >= 15 is 0 Å². The molecule has 90 valence electrons. The van der Waals surface area contributed by atoms with Gasteiger partial charge in [-0.15, -0.1) is 11.3 Å². The fourth-order valence-electron chi connectivity index (χ4n) is 1.96. The fraction of sp³-hybridized carbons (Fsp3) is 0.692. The van der Waals surface area contributed by atoms with E-state index in [-0.39, 0.29) is 0 Å². The summed E-state index contributed by atoms with van der Waals surface area (Å²) in [5.41, 5.74) is 0.298. The van der Waals surface area contributed by atoms with Crippen LogP contribution in [0.15, 0.2) is 12.1 Å². The summed E-state index contributed by atoms with van der Waals surface area (Å²) in [4.78, 5) is 5.54. The van der Waals surface area contributed by atoms with Crippen molar-refractivity contribution in [2.75, 3.05) is 26.2 Å². The smallest absolute Gasteiger partial charge is 0.0329 e. The second-order valence-electron chi connectivity index (χ2n) is 5.54. The summed E-state index contributed by atoms with van der Waals surface area (Å²) in [5, 5.41) is 3.39. The van der Waals surface area contributed by atoms with E-state index in [2.05, 4.69) is 43.1 Å². The molecule has 1 fully saturated rings. The lowest BCUT2D eigenvalue weighted by Crippen LogP contribution is -2.42. The molecule has 0 radical (unpaired) electrons. The first-order chi connectivity index (χ1) is 7.55. The summed E-state index contributed by atoms with van der Waals surface area (Å²) in [5.74, 6) is 0. The molecular weight excluding hydrogens is 216 g/mol. The lowest BCUT2D eigenvalue weighted by molar-refractivity contribution is 0.235. The van der Waals surface area contributed by atoms with Gasteiger partial charge in [0.2, 0.25) is 0 Å². The van der Waals surface area contributed by atoms with E-state index in [9.17, 15) is 0 Å². The number of nitrogens with one attached hydrogen (secondary N) is 1. The Labute approximate surface area is 103 Å². The average molecular weight is 238 g/mol. The summed E-state index contributed by atoms with van der Waals surface area (Å²) in [6.45, 7) is 12.6. The molecule has 3 heteroatoms. The van der Waals surface area contributed by atoms with E-state index in [0.29, 0.717) is 5.41 Å². The van der Waals surface area contributed by atoms with Crippen LogP contribution in [0.5, 0.6) is 0 Å². The highest BCUT2D eigenvalue weighted by Gasteiger charge is 2.17. The molecule has 1 aliphatic rings. The van der Waals surface area contributed by atoms with Gasteiger partial charge >= 0.3 is 0 Å². The number of nitrogens with zero attached hydrogens (tertiary/aromatic N) is 1. The maximum Gasteiger partial charge on any atom is 0.0329 e. The highest BCUT2D eigenvalue weighted by Crippen LogP contribution is 2.29. The Bertz CT molecular complexity index is 332. The van der Waals surface area contributed by atoms with Crippen LogP contribution in [0.1, 0.15) is 30.5 Å². The number of piperazine rings is 1. The minimum atomic E-state index is 0.298. The van der Waals surface area contributed by atoms with E-state index in [0.717, 1.165) is 19.6 Å². The largest absolute Gasteiger partial charge is 0.314 e. The third-order valence-corrected chi connectivity index (χ3v) is 4.49. The van der Waals surface area contributed by atoms with Gasteiger partial charge in [0.15, 0.2) is 0 Å². The highest BCUT2D eigenvalue weighted by molar-refractivity contribution is 7.12. The van der Waals surface area contributed by atoms with E-state index in [1.807, 2.05) is 11.3 Å². The predicted octanol–water partition coefficient (Wildman–Crippen LogP) is 2.45. The predicted molar refractivity (Wildman–Crippen MR) is 71.2 cm³/mol. The zero-order valence-corrected chi connectivity index (χ0v) is 11.4. The minimum absolute atomic E-state index is 0.298. The molecule has 2 heterocycles. The van der Waals surface area contributed by atoms with Crippen LogP contribution in [0.2, 0.25) is 0 Å². The van der Waals surface area contributed by atoms with E-state index in [1.165, 1.54) is 22.8 Å². The molecule has 0 spiro atoms. The maximum atomic E-state index is 3.39. The van der Waals surface area contributed by atoms with Crippen LogP contribution in [-0.4, -0.2) is 31.1 Å². The molecule has 1 aromatic heterocycles. The fourth-order valence-corrected chi connectivity index (χ4v) is 3.06. The summed E-state index contributed by atoms with van der Waals surface area (Å²) in [6, 6.07) is 4.59. The Morgan fingerprint density at radius 2 is 1.94 bits per heavy atom. The van der Waals surface area contributed by atoms with Crippen molar-refractivity contribution in [3.05, 3.63) is 21.9 Å². The van der Waals surface area contributed by atoms with Gasteiger partial charge in [0.1, 0.15) is 0 Å². The van der Waals surface area contributed by atoms with Gasteiger partial charge in [0.05, 0.1) is 0 Å². The van der Waals surface area contributed by atoms with Gasteiger partial charge in [0, 0.05) is 42.5 Å². The minimum Gasteiger partial charge on any atom is -0.314 e. The summed E-state index contributed by atoms with van der Waals surface area (Å²) < 4.78 is 0. The van der Waals surface area contributed by atoms with Crippen molar-refractivity contribution in [2.45, 2.75) is 32.7 Å². The summed E-state index contributed by atoms with van der Waals surface area (Å²) in [7, 11) is 0. The molecule has 0 aromatic carbocycles. The molecule has 16 heavy (non-hydrogen) atoms. The van der Waals surface area contributed by atoms with Crippen molar-refractivity contribution < 1.29 is 0 Å². The normalized spacial score (nSPS) is 18.9. The third-order valence-electron chi connectivity index (χ3n) is 2.99. The van der Waals surface area contributed by atoms with E-state index < -0.39 is 0 Å². The highest BCUT2D eigenvalue weighted by atomic mass is 32.1. The number of hydrogen-bond donors (Lipinski definition) is 1. The van der Waals surface area contributed by atoms with Crippen LogP contribution in [0, 0.1) is 0 Å². The molecule has 1 N–H and O–H groups in total. The van der Waals surface area contributed by atoms with Crippen LogP contribution in [0.3, 0.4) is 0 Å². The van der Waals surface area contributed by atoms with E-state index in [1.54, 1.807) is 0 Å². The Morgan fingerprint density at radius 3 is 2.50 bits per heavy atom. The van der Waals surface area contributed by atoms with Gasteiger partial charge in [-0.2, -0.15) is 0 Å². The number of hydrogen-bond acceptors (Lipinski definition) is 3. The van der Waals surface area contributed by atoms with Crippen molar-refractivity contribution in [3.8, 4) is 0 Å². The molecule has 1 saturated heterocycles. The molecule has 0 saturated carbocycles. The molecule has 1 aromatic rings. The van der Waals surface area contributed by atoms with Gasteiger partial charge in [-0.3, -0.25) is 4.90 Å². The van der Waals surface area contributed by atoms with Crippen LogP contribution < -0.4 is 5.32 Å². The van der Waals surface area contributed by atoms with Crippen LogP contribution in [-0.2, 0) is 12.0 Å². The van der Waals surface area contributed by atoms with Crippen molar-refractivity contribution in [3.63, 3.8) is 0 Å². The summed E-state index contributed by atoms with van der Waals surface area (Å²) in [6.07, 6.45) is 0. The zero-order chi connectivity index (χ0) is 11.6. The first-order valence-electron chi connectivity index (χ1n) is 6.08. The molecule has 0 atom stereocenters. The second-order valence-corrected chi connectivity index (χ2v) is 6.71. The van der Waals surface area contributed by atoms with Gasteiger partial charge in [-0.25, -0.2) is 0 Å². The Hall–Kier alpha value is -0.380. The molecule has 0 aliphatic carbocycles. The lowest BCUT2D eigenvalue weighted by atomic mass is 9.95. The first-order valence-corrected chi connectivity index (χ1v) is 6.89. The van der Waals surface area contributed by atoms with Crippen LogP contribution in [0.4, 0.5) is 0 Å². The van der Waals surface area contributed by atoms with Gasteiger partial charge in [-0.1, -0.05) is 20.8 Å². The number of thiophene rings is 1. The second kappa shape index (κ2) is 4.86. The Balaban J connectivity index is 1.97. The average Bonchev–Trinajstić information content (AvgIpc) is 2.67. The van der Waals surface area contributed by atoms with Crippen molar-refractivity contribution in [2.24, 2.45) is 0 Å². The first kappa shape index (κ1) is 12.1. The molecule has 2 nitrogen and oxygen atoms in total. The van der Waals surface area contributed by atoms with E-state index in [4.69, 9.17) is 0 Å². The van der Waals surface area contributed by atoms with Crippen molar-refractivity contribution in [1.82, 2.24) is 10.2 Å². The zero-order valence-electron chi connectivity index (χ0n) is 10.5. The SMILES string of the molecule is CC(C)(C)c1ccc(CN2CCNCC2)s1. The van der Waals surface area contributed by atoms with Crippen molar-refractivity contribution in [1.29, 1.82) is 0 Å². The molecule has 0 unspecified atom stereocenters. The maximum absolute atomic E-state index is 3.39. The molecule has 1 aliphatic heterocycles. The topological polar surface area (TPSA) is 15.3 Å². The van der Waals surface area contributed by atoms with Crippen molar-refractivity contribution >= 4 is 11.3 Å². The Morgan fingerprint density at radius 1 is 1.25 bits per heavy atom.